The van der Waals surface area contributed by atoms with Crippen molar-refractivity contribution < 1.29 is 30.5 Å². The topological polar surface area (TPSA) is 61.5 Å². The number of fused-ring (bicyclic) bond motifs is 8. The van der Waals surface area contributed by atoms with E-state index >= 15 is 0 Å². The molecule has 270 valence electrons. The normalized spacial score (nSPS) is 17.7. The van der Waals surface area contributed by atoms with Crippen molar-refractivity contribution in [3.05, 3.63) is 148 Å². The Balaban J connectivity index is 0.00000384. The van der Waals surface area contributed by atoms with Gasteiger partial charge in [0, 0.05) is 41.1 Å². The van der Waals surface area contributed by atoms with E-state index in [1.807, 2.05) is 36.7 Å². The number of rotatable bonds is 4. The van der Waals surface area contributed by atoms with Gasteiger partial charge in [0.2, 0.25) is 0 Å². The molecule has 0 spiro atoms. The first-order valence-electron chi connectivity index (χ1n) is 18.5. The predicted octanol–water partition coefficient (Wildman–Crippen LogP) is 10.6. The monoisotopic (exact) mass is 887 g/mol. The quantitative estimate of drug-likeness (QED) is 0.165. The summed E-state index contributed by atoms with van der Waals surface area (Å²) < 4.78 is 15.7. The van der Waals surface area contributed by atoms with Crippen LogP contribution in [0, 0.1) is 26.0 Å². The van der Waals surface area contributed by atoms with Crippen LogP contribution in [0.3, 0.4) is 0 Å². The van der Waals surface area contributed by atoms with Gasteiger partial charge in [0.25, 0.3) is 0 Å². The zero-order valence-corrected chi connectivity index (χ0v) is 33.7. The Hall–Kier alpha value is -5.06. The molecule has 1 aliphatic carbocycles. The van der Waals surface area contributed by atoms with E-state index < -0.39 is 0 Å². The minimum Gasteiger partial charge on any atom is -0.514 e. The van der Waals surface area contributed by atoms with Crippen LogP contribution in [0.4, 0.5) is 0 Å². The molecule has 3 aromatic heterocycles. The van der Waals surface area contributed by atoms with Gasteiger partial charge in [-0.3, -0.25) is 9.98 Å². The number of hydrogen-bond donors (Lipinski definition) is 0. The third-order valence-corrected chi connectivity index (χ3v) is 11.4. The summed E-state index contributed by atoms with van der Waals surface area (Å²) in [4.78, 5) is 14.8. The zero-order chi connectivity index (χ0) is 36.4. The van der Waals surface area contributed by atoms with Gasteiger partial charge in [-0.25, -0.2) is 4.98 Å². The van der Waals surface area contributed by atoms with Gasteiger partial charge in [-0.1, -0.05) is 113 Å². The van der Waals surface area contributed by atoms with Gasteiger partial charge in [-0.05, 0) is 63.8 Å². The molecule has 7 heteroatoms. The first-order chi connectivity index (χ1) is 25.4. The van der Waals surface area contributed by atoms with Gasteiger partial charge in [-0.15, -0.1) is 23.3 Å². The van der Waals surface area contributed by atoms with Crippen LogP contribution in [0.5, 0.6) is 11.5 Å². The van der Waals surface area contributed by atoms with E-state index in [1.165, 1.54) is 38.7 Å². The van der Waals surface area contributed by atoms with Crippen LogP contribution in [0.1, 0.15) is 85.2 Å². The zero-order valence-electron chi connectivity index (χ0n) is 31.4. The third kappa shape index (κ3) is 5.28. The summed E-state index contributed by atoms with van der Waals surface area (Å²) in [5, 5.41) is 2.34. The maximum atomic E-state index is 6.81. The molecule has 10 rings (SSSR count). The summed E-state index contributed by atoms with van der Waals surface area (Å²) in [6.45, 7) is 15.5. The molecule has 2 atom stereocenters. The number of para-hydroxylation sites is 1. The molecule has 0 bridgehead atoms. The number of aryl methyl sites for hydroxylation is 2. The molecule has 0 saturated carbocycles. The Morgan fingerprint density at radius 3 is 2.54 bits per heavy atom. The average Bonchev–Trinajstić information content (AvgIpc) is 3.81. The minimum atomic E-state index is -0.255. The van der Waals surface area contributed by atoms with Crippen molar-refractivity contribution in [3.8, 4) is 28.4 Å². The number of hydrogen-bond acceptors (Lipinski definition) is 5. The van der Waals surface area contributed by atoms with E-state index in [0.717, 1.165) is 51.1 Å². The molecule has 6 nitrogen and oxygen atoms in total. The van der Waals surface area contributed by atoms with E-state index in [9.17, 15) is 0 Å². The Bertz CT molecular complexity index is 2700. The molecule has 0 unspecified atom stereocenters. The van der Waals surface area contributed by atoms with Gasteiger partial charge in [0.15, 0.2) is 0 Å². The van der Waals surface area contributed by atoms with Crippen molar-refractivity contribution in [2.45, 2.75) is 77.9 Å². The molecule has 4 aromatic carbocycles. The van der Waals surface area contributed by atoms with Crippen LogP contribution in [0.25, 0.3) is 38.9 Å². The van der Waals surface area contributed by atoms with E-state index in [4.69, 9.17) is 19.5 Å². The number of aromatic nitrogens is 3. The fraction of sp³-hybridized carbons (Fsp3) is 0.255. The molecule has 0 amide bonds. The van der Waals surface area contributed by atoms with Crippen molar-refractivity contribution in [1.82, 2.24) is 14.5 Å². The summed E-state index contributed by atoms with van der Waals surface area (Å²) in [5.41, 5.74) is 13.9. The van der Waals surface area contributed by atoms with Crippen LogP contribution in [-0.4, -0.2) is 26.5 Å². The molecule has 0 fully saturated rings. The Morgan fingerprint density at radius 1 is 0.889 bits per heavy atom. The maximum absolute atomic E-state index is 6.81. The van der Waals surface area contributed by atoms with Gasteiger partial charge in [0.05, 0.1) is 11.2 Å². The summed E-state index contributed by atoms with van der Waals surface area (Å²) in [7, 11) is 0. The van der Waals surface area contributed by atoms with E-state index in [2.05, 4.69) is 125 Å². The number of aliphatic imine (C=N–C) groups is 1. The minimum absolute atomic E-state index is 0. The first-order valence-corrected chi connectivity index (χ1v) is 18.5. The van der Waals surface area contributed by atoms with E-state index in [1.54, 1.807) is 0 Å². The fourth-order valence-corrected chi connectivity index (χ4v) is 8.56. The van der Waals surface area contributed by atoms with Crippen LogP contribution >= 0.6 is 0 Å². The molecule has 0 N–H and O–H groups in total. The van der Waals surface area contributed by atoms with E-state index in [0.29, 0.717) is 17.4 Å². The third-order valence-electron chi connectivity index (χ3n) is 11.4. The summed E-state index contributed by atoms with van der Waals surface area (Å²) in [5.74, 6) is 1.77. The van der Waals surface area contributed by atoms with Crippen LogP contribution in [0.2, 0.25) is 0 Å². The molecule has 0 radical (unpaired) electrons. The van der Waals surface area contributed by atoms with E-state index in [-0.39, 0.29) is 44.0 Å². The second-order valence-electron chi connectivity index (χ2n) is 16.5. The predicted molar refractivity (Wildman–Crippen MR) is 211 cm³/mol. The van der Waals surface area contributed by atoms with Gasteiger partial charge in [-0.2, -0.15) is 6.07 Å². The molecular formula is C47H40N4O2Pt. The van der Waals surface area contributed by atoms with Crippen molar-refractivity contribution in [3.63, 3.8) is 0 Å². The molecule has 3 aliphatic rings. The molecular weight excluding hydrogens is 848 g/mol. The number of ether oxygens (including phenoxy) is 2. The van der Waals surface area contributed by atoms with Gasteiger partial charge >= 0.3 is 21.1 Å². The average molecular weight is 888 g/mol. The van der Waals surface area contributed by atoms with Gasteiger partial charge < -0.3 is 14.0 Å². The number of pyridine rings is 2. The van der Waals surface area contributed by atoms with Crippen molar-refractivity contribution in [2.24, 2.45) is 4.99 Å². The Labute approximate surface area is 330 Å². The summed E-state index contributed by atoms with van der Waals surface area (Å²) in [6, 6.07) is 35.1. The standard InChI is InChI=1S/C47H40N4O2.Pt/c1-26-17-35-34-11-10-12-36-43(34)51(44(35)49-25-26)39-24-40(27(2)18-37(39)47(36,6)7)52-32-21-29(38-13-8-9-16-48-38)19-30(22-32)45-50-42-33-15-14-31(46(3,4)5)20-28(33)23-41(42)53-45;/h8-21,25,41-42H,23H2,1-7H3;/q-2;+2/t41-,42+;/m0./s1. The molecule has 7 aromatic rings. The van der Waals surface area contributed by atoms with Crippen molar-refractivity contribution in [1.29, 1.82) is 0 Å². The molecule has 5 heterocycles. The Kier molecular flexibility index (Phi) is 7.86. The molecule has 2 aliphatic heterocycles. The Morgan fingerprint density at radius 2 is 1.74 bits per heavy atom. The van der Waals surface area contributed by atoms with Gasteiger partial charge in [0.1, 0.15) is 23.7 Å². The first kappa shape index (κ1) is 34.7. The van der Waals surface area contributed by atoms with Crippen LogP contribution < -0.4 is 4.74 Å². The van der Waals surface area contributed by atoms with Crippen LogP contribution in [-0.2, 0) is 43.1 Å². The summed E-state index contributed by atoms with van der Waals surface area (Å²) in [6.07, 6.45) is 4.54. The maximum Gasteiger partial charge on any atom is 2.00 e. The number of nitrogens with zero attached hydrogens (tertiary/aromatic N) is 4. The summed E-state index contributed by atoms with van der Waals surface area (Å²) >= 11 is 0. The second kappa shape index (κ2) is 12.2. The second-order valence-corrected chi connectivity index (χ2v) is 16.5. The molecule has 54 heavy (non-hydrogen) atoms. The van der Waals surface area contributed by atoms with Crippen LogP contribution in [0.15, 0.2) is 96.2 Å². The van der Waals surface area contributed by atoms with Crippen molar-refractivity contribution >= 4 is 27.8 Å². The smallest absolute Gasteiger partial charge is 0.514 e. The fourth-order valence-electron chi connectivity index (χ4n) is 8.56. The molecule has 0 saturated heterocycles. The SMILES string of the molecule is Cc1cnc2c(c1)c1cccc3c1n2-c1[c-]c(Oc2[c-]c(C4=N[C@@H]5c6ccc(C(C)(C)C)cc6C[C@@H]5O4)cc(-c4ccccn4)c2)c(C)cc1C3(C)C.[Pt+2]. The number of benzene rings is 4. The largest absolute Gasteiger partial charge is 2.00 e. The van der Waals surface area contributed by atoms with Crippen molar-refractivity contribution in [2.75, 3.05) is 0 Å².